The second kappa shape index (κ2) is 5.61. The van der Waals surface area contributed by atoms with Crippen molar-refractivity contribution in [3.8, 4) is 17.2 Å². The Balaban J connectivity index is 3.19. The monoisotopic (exact) mass is 225 g/mol. The van der Waals surface area contributed by atoms with E-state index < -0.39 is 0 Å². The number of hydrogen-bond acceptors (Lipinski definition) is 4. The van der Waals surface area contributed by atoms with E-state index in [1.165, 1.54) is 0 Å². The Bertz CT molecular complexity index is 350. The molecule has 0 saturated carbocycles. The molecule has 0 amide bonds. The highest BCUT2D eigenvalue weighted by atomic mass is 16.5. The molecule has 0 fully saturated rings. The van der Waals surface area contributed by atoms with Crippen LogP contribution in [-0.2, 0) is 6.42 Å². The van der Waals surface area contributed by atoms with Crippen LogP contribution in [0, 0.1) is 0 Å². The molecule has 4 nitrogen and oxygen atoms in total. The Morgan fingerprint density at radius 1 is 1.12 bits per heavy atom. The minimum atomic E-state index is 0.0608. The molecule has 0 unspecified atom stereocenters. The fourth-order valence-electron chi connectivity index (χ4n) is 1.63. The fraction of sp³-hybridized carbons (Fsp3) is 0.500. The summed E-state index contributed by atoms with van der Waals surface area (Å²) in [5, 5.41) is 0. The molecule has 1 atom stereocenters. The van der Waals surface area contributed by atoms with Crippen LogP contribution in [0.15, 0.2) is 12.1 Å². The zero-order valence-electron chi connectivity index (χ0n) is 10.2. The smallest absolute Gasteiger partial charge is 0.164 e. The first-order valence-corrected chi connectivity index (χ1v) is 5.16. The van der Waals surface area contributed by atoms with E-state index in [-0.39, 0.29) is 6.04 Å². The Morgan fingerprint density at radius 2 is 1.81 bits per heavy atom. The second-order valence-electron chi connectivity index (χ2n) is 3.70. The van der Waals surface area contributed by atoms with Gasteiger partial charge in [-0.2, -0.15) is 0 Å². The normalized spacial score (nSPS) is 12.1. The quantitative estimate of drug-likeness (QED) is 0.827. The maximum Gasteiger partial charge on any atom is 0.164 e. The molecule has 0 aliphatic heterocycles. The van der Waals surface area contributed by atoms with Crippen LogP contribution in [0.25, 0.3) is 0 Å². The molecule has 2 N–H and O–H groups in total. The summed E-state index contributed by atoms with van der Waals surface area (Å²) in [5.41, 5.74) is 6.79. The van der Waals surface area contributed by atoms with Crippen LogP contribution >= 0.6 is 0 Å². The van der Waals surface area contributed by atoms with Gasteiger partial charge in [-0.15, -0.1) is 0 Å². The van der Waals surface area contributed by atoms with Gasteiger partial charge in [-0.1, -0.05) is 0 Å². The van der Waals surface area contributed by atoms with Gasteiger partial charge in [0.1, 0.15) is 5.75 Å². The summed E-state index contributed by atoms with van der Waals surface area (Å²) in [6.45, 7) is 1.95. The number of methoxy groups -OCH3 is 3. The lowest BCUT2D eigenvalue weighted by atomic mass is 10.1. The van der Waals surface area contributed by atoms with Gasteiger partial charge in [-0.3, -0.25) is 0 Å². The molecule has 0 spiro atoms. The van der Waals surface area contributed by atoms with E-state index in [0.717, 1.165) is 23.5 Å². The van der Waals surface area contributed by atoms with Gasteiger partial charge in [-0.05, 0) is 19.4 Å². The average molecular weight is 225 g/mol. The van der Waals surface area contributed by atoms with Crippen molar-refractivity contribution in [3.05, 3.63) is 17.7 Å². The highest BCUT2D eigenvalue weighted by Crippen LogP contribution is 2.35. The molecule has 90 valence electrons. The van der Waals surface area contributed by atoms with E-state index in [2.05, 4.69) is 0 Å². The largest absolute Gasteiger partial charge is 0.497 e. The predicted octanol–water partition coefficient (Wildman–Crippen LogP) is 1.60. The van der Waals surface area contributed by atoms with Gasteiger partial charge in [0.2, 0.25) is 0 Å². The van der Waals surface area contributed by atoms with E-state index in [4.69, 9.17) is 19.9 Å². The number of ether oxygens (including phenoxy) is 3. The molecular weight excluding hydrogens is 206 g/mol. The summed E-state index contributed by atoms with van der Waals surface area (Å²) in [5.74, 6) is 2.13. The Morgan fingerprint density at radius 3 is 2.25 bits per heavy atom. The van der Waals surface area contributed by atoms with Crippen LogP contribution < -0.4 is 19.9 Å². The molecule has 16 heavy (non-hydrogen) atoms. The topological polar surface area (TPSA) is 53.7 Å². The molecule has 0 radical (unpaired) electrons. The zero-order valence-corrected chi connectivity index (χ0v) is 10.2. The zero-order chi connectivity index (χ0) is 12.1. The molecule has 0 heterocycles. The Labute approximate surface area is 96.3 Å². The molecule has 0 saturated heterocycles. The van der Waals surface area contributed by atoms with Crippen molar-refractivity contribution in [2.24, 2.45) is 5.73 Å². The summed E-state index contributed by atoms with van der Waals surface area (Å²) in [6.07, 6.45) is 0.719. The summed E-state index contributed by atoms with van der Waals surface area (Å²) >= 11 is 0. The van der Waals surface area contributed by atoms with Crippen molar-refractivity contribution < 1.29 is 14.2 Å². The Kier molecular flexibility index (Phi) is 4.43. The van der Waals surface area contributed by atoms with Gasteiger partial charge in [-0.25, -0.2) is 0 Å². The van der Waals surface area contributed by atoms with Crippen LogP contribution in [0.5, 0.6) is 17.2 Å². The van der Waals surface area contributed by atoms with Crippen molar-refractivity contribution in [2.45, 2.75) is 19.4 Å². The van der Waals surface area contributed by atoms with Gasteiger partial charge >= 0.3 is 0 Å². The van der Waals surface area contributed by atoms with Crippen LogP contribution in [0.2, 0.25) is 0 Å². The van der Waals surface area contributed by atoms with Crippen molar-refractivity contribution in [3.63, 3.8) is 0 Å². The standard InChI is InChI=1S/C12H19NO3/c1-8(13)5-9-6-10(14-2)7-11(15-3)12(9)16-4/h6-8H,5,13H2,1-4H3/t8-/m0/s1. The molecule has 0 aliphatic rings. The van der Waals surface area contributed by atoms with Crippen molar-refractivity contribution in [1.29, 1.82) is 0 Å². The third-order valence-corrected chi connectivity index (χ3v) is 2.31. The number of hydrogen-bond donors (Lipinski definition) is 1. The molecule has 0 bridgehead atoms. The third kappa shape index (κ3) is 2.79. The molecule has 1 aromatic carbocycles. The minimum absolute atomic E-state index is 0.0608. The van der Waals surface area contributed by atoms with E-state index >= 15 is 0 Å². The first-order valence-electron chi connectivity index (χ1n) is 5.16. The lowest BCUT2D eigenvalue weighted by Gasteiger charge is -2.15. The van der Waals surface area contributed by atoms with E-state index in [1.807, 2.05) is 13.0 Å². The highest BCUT2D eigenvalue weighted by molar-refractivity contribution is 5.52. The molecule has 1 rings (SSSR count). The number of rotatable bonds is 5. The first-order chi connectivity index (χ1) is 7.62. The van der Waals surface area contributed by atoms with Gasteiger partial charge in [0.15, 0.2) is 11.5 Å². The summed E-state index contributed by atoms with van der Waals surface area (Å²) < 4.78 is 15.8. The van der Waals surface area contributed by atoms with Gasteiger partial charge in [0, 0.05) is 17.7 Å². The number of benzene rings is 1. The van der Waals surface area contributed by atoms with Gasteiger partial charge in [0.25, 0.3) is 0 Å². The molecule has 0 aliphatic carbocycles. The van der Waals surface area contributed by atoms with Crippen LogP contribution in [0.1, 0.15) is 12.5 Å². The number of nitrogens with two attached hydrogens (primary N) is 1. The highest BCUT2D eigenvalue weighted by Gasteiger charge is 2.13. The summed E-state index contributed by atoms with van der Waals surface area (Å²) in [4.78, 5) is 0. The first kappa shape index (κ1) is 12.6. The second-order valence-corrected chi connectivity index (χ2v) is 3.70. The Hall–Kier alpha value is -1.42. The van der Waals surface area contributed by atoms with E-state index in [9.17, 15) is 0 Å². The minimum Gasteiger partial charge on any atom is -0.497 e. The summed E-state index contributed by atoms with van der Waals surface area (Å²) in [7, 11) is 4.85. The summed E-state index contributed by atoms with van der Waals surface area (Å²) in [6, 6.07) is 3.78. The van der Waals surface area contributed by atoms with Crippen molar-refractivity contribution >= 4 is 0 Å². The maximum absolute atomic E-state index is 5.79. The van der Waals surface area contributed by atoms with Crippen LogP contribution in [0.4, 0.5) is 0 Å². The van der Waals surface area contributed by atoms with Gasteiger partial charge in [0.05, 0.1) is 21.3 Å². The molecule has 0 aromatic heterocycles. The van der Waals surface area contributed by atoms with Crippen LogP contribution in [0.3, 0.4) is 0 Å². The maximum atomic E-state index is 5.79. The molecule has 4 heteroatoms. The van der Waals surface area contributed by atoms with Crippen LogP contribution in [-0.4, -0.2) is 27.4 Å². The molecule has 1 aromatic rings. The lowest BCUT2D eigenvalue weighted by molar-refractivity contribution is 0.345. The third-order valence-electron chi connectivity index (χ3n) is 2.31. The van der Waals surface area contributed by atoms with Gasteiger partial charge < -0.3 is 19.9 Å². The van der Waals surface area contributed by atoms with E-state index in [0.29, 0.717) is 5.75 Å². The average Bonchev–Trinajstić information content (AvgIpc) is 2.27. The van der Waals surface area contributed by atoms with Crippen molar-refractivity contribution in [1.82, 2.24) is 0 Å². The predicted molar refractivity (Wildman–Crippen MR) is 63.5 cm³/mol. The SMILES string of the molecule is COc1cc(C[C@H](C)N)c(OC)c(OC)c1. The lowest BCUT2D eigenvalue weighted by Crippen LogP contribution is -2.18. The fourth-order valence-corrected chi connectivity index (χ4v) is 1.63. The van der Waals surface area contributed by atoms with E-state index in [1.54, 1.807) is 27.4 Å². The van der Waals surface area contributed by atoms with Crippen molar-refractivity contribution in [2.75, 3.05) is 21.3 Å². The molecular formula is C12H19NO3.